The number of ketones is 1. The largest absolute Gasteiger partial charge is 0.460 e. The zero-order chi connectivity index (χ0) is 14.7. The molecular formula is C15H28O3. The van der Waals surface area contributed by atoms with E-state index in [4.69, 9.17) is 4.74 Å². The Labute approximate surface area is 111 Å². The maximum absolute atomic E-state index is 12.1. The third-order valence-corrected chi connectivity index (χ3v) is 2.82. The molecule has 0 aliphatic rings. The van der Waals surface area contributed by atoms with E-state index >= 15 is 0 Å². The quantitative estimate of drug-likeness (QED) is 0.706. The van der Waals surface area contributed by atoms with Gasteiger partial charge < -0.3 is 4.74 Å². The first-order valence-electron chi connectivity index (χ1n) is 6.64. The molecule has 0 aromatic heterocycles. The summed E-state index contributed by atoms with van der Waals surface area (Å²) in [6, 6.07) is 0. The van der Waals surface area contributed by atoms with Crippen LogP contribution in [-0.4, -0.2) is 17.4 Å². The smallest absolute Gasteiger partial charge is 0.309 e. The maximum atomic E-state index is 12.1. The van der Waals surface area contributed by atoms with Gasteiger partial charge in [0, 0.05) is 11.3 Å². The third-order valence-electron chi connectivity index (χ3n) is 2.82. The lowest BCUT2D eigenvalue weighted by Crippen LogP contribution is -2.34. The van der Waals surface area contributed by atoms with Crippen molar-refractivity contribution in [1.29, 1.82) is 0 Å². The summed E-state index contributed by atoms with van der Waals surface area (Å²) in [4.78, 5) is 24.0. The summed E-state index contributed by atoms with van der Waals surface area (Å²) in [6.45, 7) is 15.0. The number of hydrogen-bond acceptors (Lipinski definition) is 3. The van der Waals surface area contributed by atoms with E-state index in [1.807, 2.05) is 55.4 Å². The lowest BCUT2D eigenvalue weighted by molar-refractivity contribution is -0.160. The van der Waals surface area contributed by atoms with Crippen molar-refractivity contribution >= 4 is 11.8 Å². The van der Waals surface area contributed by atoms with Crippen molar-refractivity contribution in [3.8, 4) is 0 Å². The number of esters is 1. The molecule has 3 nitrogen and oxygen atoms in total. The van der Waals surface area contributed by atoms with Gasteiger partial charge in [0.1, 0.15) is 11.4 Å². The number of rotatable bonds is 5. The van der Waals surface area contributed by atoms with Gasteiger partial charge in [-0.05, 0) is 27.2 Å². The average Bonchev–Trinajstić information content (AvgIpc) is 2.12. The molecule has 0 aliphatic heterocycles. The summed E-state index contributed by atoms with van der Waals surface area (Å²) in [6.07, 6.45) is 0.527. The van der Waals surface area contributed by atoms with E-state index in [9.17, 15) is 9.59 Å². The molecule has 0 aromatic rings. The fraction of sp³-hybridized carbons (Fsp3) is 0.867. The summed E-state index contributed by atoms with van der Waals surface area (Å²) >= 11 is 0. The van der Waals surface area contributed by atoms with Crippen LogP contribution in [0.4, 0.5) is 0 Å². The minimum Gasteiger partial charge on any atom is -0.460 e. The summed E-state index contributed by atoms with van der Waals surface area (Å²) < 4.78 is 5.34. The Morgan fingerprint density at radius 3 is 1.78 bits per heavy atom. The van der Waals surface area contributed by atoms with Gasteiger partial charge in [0.15, 0.2) is 0 Å². The van der Waals surface area contributed by atoms with Crippen molar-refractivity contribution in [1.82, 2.24) is 0 Å². The standard InChI is InChI=1S/C15H28O3/c1-10(2)12(16)15(7,8)9-11(3)13(17)18-14(4,5)6/h10-11H,9H2,1-8H3. The van der Waals surface area contributed by atoms with Crippen LogP contribution < -0.4 is 0 Å². The van der Waals surface area contributed by atoms with Crippen LogP contribution in [0.2, 0.25) is 0 Å². The van der Waals surface area contributed by atoms with E-state index in [1.54, 1.807) is 0 Å². The van der Waals surface area contributed by atoms with Gasteiger partial charge >= 0.3 is 5.97 Å². The van der Waals surface area contributed by atoms with Crippen molar-refractivity contribution in [3.63, 3.8) is 0 Å². The number of hydrogen-bond donors (Lipinski definition) is 0. The van der Waals surface area contributed by atoms with Crippen LogP contribution in [0, 0.1) is 17.3 Å². The van der Waals surface area contributed by atoms with Gasteiger partial charge in [0.2, 0.25) is 0 Å². The number of Topliss-reactive ketones (excluding diaryl/α,β-unsaturated/α-hetero) is 1. The topological polar surface area (TPSA) is 43.4 Å². The molecule has 106 valence electrons. The number of carbonyl (C=O) groups is 2. The van der Waals surface area contributed by atoms with E-state index in [1.165, 1.54) is 0 Å². The molecule has 0 saturated carbocycles. The molecule has 0 saturated heterocycles. The molecule has 0 amide bonds. The molecule has 0 fully saturated rings. The highest BCUT2D eigenvalue weighted by molar-refractivity contribution is 5.86. The molecule has 0 rings (SSSR count). The molecule has 1 unspecified atom stereocenters. The Hall–Kier alpha value is -0.860. The summed E-state index contributed by atoms with van der Waals surface area (Å²) in [5.41, 5.74) is -0.956. The Bertz CT molecular complexity index is 308. The molecule has 0 aromatic carbocycles. The highest BCUT2D eigenvalue weighted by atomic mass is 16.6. The van der Waals surface area contributed by atoms with Crippen molar-refractivity contribution in [2.75, 3.05) is 0 Å². The van der Waals surface area contributed by atoms with E-state index < -0.39 is 11.0 Å². The van der Waals surface area contributed by atoms with Gasteiger partial charge in [0.05, 0.1) is 5.92 Å². The van der Waals surface area contributed by atoms with Crippen molar-refractivity contribution in [2.24, 2.45) is 17.3 Å². The van der Waals surface area contributed by atoms with Crippen LogP contribution in [0.1, 0.15) is 61.8 Å². The van der Waals surface area contributed by atoms with Crippen molar-refractivity contribution in [2.45, 2.75) is 67.4 Å². The maximum Gasteiger partial charge on any atom is 0.309 e. The van der Waals surface area contributed by atoms with Crippen molar-refractivity contribution in [3.05, 3.63) is 0 Å². The molecule has 18 heavy (non-hydrogen) atoms. The molecule has 0 bridgehead atoms. The molecular weight excluding hydrogens is 228 g/mol. The van der Waals surface area contributed by atoms with Gasteiger partial charge in [-0.15, -0.1) is 0 Å². The van der Waals surface area contributed by atoms with E-state index in [2.05, 4.69) is 0 Å². The lowest BCUT2D eigenvalue weighted by atomic mass is 9.76. The minimum atomic E-state index is -0.482. The second-order valence-electron chi connectivity index (χ2n) is 7.04. The van der Waals surface area contributed by atoms with Gasteiger partial charge in [-0.25, -0.2) is 0 Å². The summed E-state index contributed by atoms with van der Waals surface area (Å²) in [7, 11) is 0. The number of carbonyl (C=O) groups excluding carboxylic acids is 2. The fourth-order valence-electron chi connectivity index (χ4n) is 2.13. The molecule has 3 heteroatoms. The van der Waals surface area contributed by atoms with Gasteiger partial charge in [0.25, 0.3) is 0 Å². The Morgan fingerprint density at radius 2 is 1.44 bits per heavy atom. The van der Waals surface area contributed by atoms with Gasteiger partial charge in [-0.3, -0.25) is 9.59 Å². The Morgan fingerprint density at radius 1 is 1.00 bits per heavy atom. The predicted molar refractivity (Wildman–Crippen MR) is 73.3 cm³/mol. The Kier molecular flexibility index (Phi) is 5.57. The molecule has 0 aliphatic carbocycles. The average molecular weight is 256 g/mol. The van der Waals surface area contributed by atoms with Crippen LogP contribution in [-0.2, 0) is 14.3 Å². The van der Waals surface area contributed by atoms with Crippen LogP contribution in [0.3, 0.4) is 0 Å². The first kappa shape index (κ1) is 17.1. The van der Waals surface area contributed by atoms with Gasteiger partial charge in [-0.2, -0.15) is 0 Å². The summed E-state index contributed by atoms with van der Waals surface area (Å²) in [5.74, 6) is -0.308. The second-order valence-corrected chi connectivity index (χ2v) is 7.04. The normalized spacial score (nSPS) is 14.5. The second kappa shape index (κ2) is 5.85. The van der Waals surface area contributed by atoms with Crippen molar-refractivity contribution < 1.29 is 14.3 Å². The number of ether oxygens (including phenoxy) is 1. The van der Waals surface area contributed by atoms with Crippen LogP contribution in [0.15, 0.2) is 0 Å². The highest BCUT2D eigenvalue weighted by Gasteiger charge is 2.34. The monoisotopic (exact) mass is 256 g/mol. The summed E-state index contributed by atoms with van der Waals surface area (Å²) in [5, 5.41) is 0. The SMILES string of the molecule is CC(C)C(=O)C(C)(C)CC(C)C(=O)OC(C)(C)C. The Balaban J connectivity index is 4.61. The van der Waals surface area contributed by atoms with Crippen LogP contribution >= 0.6 is 0 Å². The lowest BCUT2D eigenvalue weighted by Gasteiger charge is -2.29. The van der Waals surface area contributed by atoms with E-state index in [0.29, 0.717) is 6.42 Å². The first-order chi connectivity index (χ1) is 7.87. The van der Waals surface area contributed by atoms with E-state index in [0.717, 1.165) is 0 Å². The van der Waals surface area contributed by atoms with E-state index in [-0.39, 0.29) is 23.6 Å². The molecule has 0 radical (unpaired) electrons. The molecule has 0 N–H and O–H groups in total. The first-order valence-corrected chi connectivity index (χ1v) is 6.64. The van der Waals surface area contributed by atoms with Crippen LogP contribution in [0.25, 0.3) is 0 Å². The minimum absolute atomic E-state index is 0.00848. The fourth-order valence-corrected chi connectivity index (χ4v) is 2.13. The molecule has 1 atom stereocenters. The predicted octanol–water partition coefficient (Wildman–Crippen LogP) is 3.61. The molecule has 0 spiro atoms. The zero-order valence-electron chi connectivity index (χ0n) is 13.1. The van der Waals surface area contributed by atoms with Gasteiger partial charge in [-0.1, -0.05) is 34.6 Å². The third kappa shape index (κ3) is 5.65. The molecule has 0 heterocycles. The zero-order valence-corrected chi connectivity index (χ0v) is 13.1. The highest BCUT2D eigenvalue weighted by Crippen LogP contribution is 2.30. The van der Waals surface area contributed by atoms with Crippen LogP contribution in [0.5, 0.6) is 0 Å².